The minimum atomic E-state index is -1.10. The van der Waals surface area contributed by atoms with E-state index in [4.69, 9.17) is 0 Å². The average Bonchev–Trinajstić information content (AvgIpc) is 2.36. The lowest BCUT2D eigenvalue weighted by atomic mass is 10.2. The second-order valence-corrected chi connectivity index (χ2v) is 3.27. The number of nitrogens with one attached hydrogen (secondary N) is 2. The van der Waals surface area contributed by atoms with Gasteiger partial charge in [0, 0.05) is 18.7 Å². The summed E-state index contributed by atoms with van der Waals surface area (Å²) in [6, 6.07) is 2.43. The number of nitro groups is 1. The Bertz CT molecular complexity index is 520. The number of nitro benzene ring substituents is 1. The number of benzene rings is 1. The van der Waals surface area contributed by atoms with Gasteiger partial charge >= 0.3 is 6.09 Å². The summed E-state index contributed by atoms with van der Waals surface area (Å²) in [6.07, 6.45) is -0.929. The van der Waals surface area contributed by atoms with Crippen LogP contribution >= 0.6 is 0 Å². The molecule has 0 aromatic heterocycles. The van der Waals surface area contributed by atoms with Crippen LogP contribution < -0.4 is 10.8 Å². The first-order valence-corrected chi connectivity index (χ1v) is 5.14. The molecule has 0 aliphatic heterocycles. The third-order valence-corrected chi connectivity index (χ3v) is 1.96. The number of non-ortho nitro benzene ring substituents is 1. The van der Waals surface area contributed by atoms with Crippen molar-refractivity contribution in [2.45, 2.75) is 6.92 Å². The van der Waals surface area contributed by atoms with Crippen LogP contribution in [-0.4, -0.2) is 23.5 Å². The lowest BCUT2D eigenvalue weighted by Gasteiger charge is -2.06. The molecular weight excluding hydrogens is 261 g/mol. The number of hydrogen-bond donors (Lipinski definition) is 2. The van der Waals surface area contributed by atoms with Crippen LogP contribution in [0, 0.1) is 15.9 Å². The molecule has 2 amide bonds. The van der Waals surface area contributed by atoms with E-state index < -0.39 is 34.0 Å². The van der Waals surface area contributed by atoms with Gasteiger partial charge in [-0.05, 0) is 13.0 Å². The number of nitrogens with zero attached hydrogens (tertiary/aromatic N) is 1. The molecule has 2 N–H and O–H groups in total. The van der Waals surface area contributed by atoms with Crippen molar-refractivity contribution in [3.63, 3.8) is 0 Å². The number of rotatable bonds is 3. The van der Waals surface area contributed by atoms with E-state index in [0.717, 1.165) is 18.2 Å². The van der Waals surface area contributed by atoms with Crippen molar-refractivity contribution in [2.75, 3.05) is 6.54 Å². The van der Waals surface area contributed by atoms with Crippen LogP contribution in [0.4, 0.5) is 14.9 Å². The van der Waals surface area contributed by atoms with Crippen LogP contribution in [0.25, 0.3) is 0 Å². The molecule has 0 unspecified atom stereocenters. The zero-order valence-electron chi connectivity index (χ0n) is 9.81. The molecule has 0 bridgehead atoms. The minimum Gasteiger partial charge on any atom is -0.321 e. The SMILES string of the molecule is CCNC(=O)ONC(=O)c1cc([N+](=O)[O-])ccc1F. The highest BCUT2D eigenvalue weighted by Crippen LogP contribution is 2.16. The van der Waals surface area contributed by atoms with Gasteiger partial charge in [-0.1, -0.05) is 0 Å². The van der Waals surface area contributed by atoms with Gasteiger partial charge in [-0.3, -0.25) is 14.9 Å². The van der Waals surface area contributed by atoms with Gasteiger partial charge in [0.1, 0.15) is 5.82 Å². The van der Waals surface area contributed by atoms with Crippen molar-refractivity contribution < 1.29 is 23.7 Å². The van der Waals surface area contributed by atoms with Gasteiger partial charge in [-0.15, -0.1) is 0 Å². The number of hydroxylamine groups is 1. The van der Waals surface area contributed by atoms with Gasteiger partial charge < -0.3 is 10.2 Å². The molecule has 0 spiro atoms. The molecule has 9 heteroatoms. The fraction of sp³-hybridized carbons (Fsp3) is 0.200. The van der Waals surface area contributed by atoms with E-state index in [1.807, 2.05) is 0 Å². The van der Waals surface area contributed by atoms with Gasteiger partial charge in [0.15, 0.2) is 0 Å². The van der Waals surface area contributed by atoms with E-state index in [1.54, 1.807) is 12.4 Å². The predicted octanol–water partition coefficient (Wildman–Crippen LogP) is 1.12. The molecule has 19 heavy (non-hydrogen) atoms. The minimum absolute atomic E-state index is 0.278. The topological polar surface area (TPSA) is 111 Å². The number of halogens is 1. The Labute approximate surface area is 106 Å². The summed E-state index contributed by atoms with van der Waals surface area (Å²) in [5.74, 6) is -2.07. The first-order chi connectivity index (χ1) is 8.95. The van der Waals surface area contributed by atoms with Crippen molar-refractivity contribution in [3.8, 4) is 0 Å². The number of amides is 2. The summed E-state index contributed by atoms with van der Waals surface area (Å²) in [4.78, 5) is 36.3. The lowest BCUT2D eigenvalue weighted by Crippen LogP contribution is -2.33. The Balaban J connectivity index is 2.79. The third-order valence-electron chi connectivity index (χ3n) is 1.96. The summed E-state index contributed by atoms with van der Waals surface area (Å²) in [6.45, 7) is 1.91. The van der Waals surface area contributed by atoms with Crippen LogP contribution in [-0.2, 0) is 4.84 Å². The molecule has 0 fully saturated rings. The molecule has 1 aromatic rings. The maximum atomic E-state index is 13.3. The number of carbonyl (C=O) groups excluding carboxylic acids is 2. The van der Waals surface area contributed by atoms with Crippen LogP contribution in [0.5, 0.6) is 0 Å². The number of hydrogen-bond acceptors (Lipinski definition) is 5. The Morgan fingerprint density at radius 2 is 2.16 bits per heavy atom. The smallest absolute Gasteiger partial charge is 0.321 e. The molecule has 8 nitrogen and oxygen atoms in total. The zero-order valence-corrected chi connectivity index (χ0v) is 9.81. The van der Waals surface area contributed by atoms with E-state index in [0.29, 0.717) is 0 Å². The molecular formula is C10H10FN3O5. The quantitative estimate of drug-likeness (QED) is 0.632. The Hall–Kier alpha value is -2.71. The first-order valence-electron chi connectivity index (χ1n) is 5.14. The van der Waals surface area contributed by atoms with Crippen molar-refractivity contribution in [1.29, 1.82) is 0 Å². The average molecular weight is 271 g/mol. The van der Waals surface area contributed by atoms with E-state index in [2.05, 4.69) is 10.2 Å². The van der Waals surface area contributed by atoms with E-state index >= 15 is 0 Å². The van der Waals surface area contributed by atoms with Crippen molar-refractivity contribution >= 4 is 17.7 Å². The number of carbonyl (C=O) groups is 2. The van der Waals surface area contributed by atoms with Crippen LogP contribution in [0.2, 0.25) is 0 Å². The van der Waals surface area contributed by atoms with Crippen LogP contribution in [0.3, 0.4) is 0 Å². The monoisotopic (exact) mass is 271 g/mol. The zero-order chi connectivity index (χ0) is 14.4. The molecule has 0 atom stereocenters. The summed E-state index contributed by atoms with van der Waals surface area (Å²) in [5.41, 5.74) is 0.624. The van der Waals surface area contributed by atoms with E-state index in [9.17, 15) is 24.1 Å². The van der Waals surface area contributed by atoms with Gasteiger partial charge in [0.05, 0.1) is 10.5 Å². The van der Waals surface area contributed by atoms with Crippen molar-refractivity contribution in [3.05, 3.63) is 39.7 Å². The fourth-order valence-corrected chi connectivity index (χ4v) is 1.13. The molecule has 0 aliphatic carbocycles. The van der Waals surface area contributed by atoms with Crippen molar-refractivity contribution in [2.24, 2.45) is 0 Å². The summed E-state index contributed by atoms with van der Waals surface area (Å²) in [7, 11) is 0. The summed E-state index contributed by atoms with van der Waals surface area (Å²) < 4.78 is 13.3. The third kappa shape index (κ3) is 3.91. The summed E-state index contributed by atoms with van der Waals surface area (Å²) >= 11 is 0. The molecule has 1 aromatic carbocycles. The Kier molecular flexibility index (Phi) is 4.75. The highest BCUT2D eigenvalue weighted by atomic mass is 19.1. The lowest BCUT2D eigenvalue weighted by molar-refractivity contribution is -0.384. The summed E-state index contributed by atoms with van der Waals surface area (Å²) in [5, 5.41) is 12.7. The van der Waals surface area contributed by atoms with Gasteiger partial charge in [-0.25, -0.2) is 9.18 Å². The maximum Gasteiger partial charge on any atom is 0.431 e. The highest BCUT2D eigenvalue weighted by Gasteiger charge is 2.18. The largest absolute Gasteiger partial charge is 0.431 e. The molecule has 0 saturated heterocycles. The van der Waals surface area contributed by atoms with Gasteiger partial charge in [-0.2, -0.15) is 5.48 Å². The van der Waals surface area contributed by atoms with E-state index in [1.165, 1.54) is 0 Å². The predicted molar refractivity (Wildman–Crippen MR) is 60.7 cm³/mol. The second kappa shape index (κ2) is 6.28. The standard InChI is InChI=1S/C10H10FN3O5/c1-2-12-10(16)19-13-9(15)7-5-6(14(17)18)3-4-8(7)11/h3-5H,2H2,1H3,(H,12,16)(H,13,15). The molecule has 0 saturated carbocycles. The molecule has 1 rings (SSSR count). The molecule has 0 heterocycles. The first kappa shape index (κ1) is 14.4. The van der Waals surface area contributed by atoms with Crippen molar-refractivity contribution in [1.82, 2.24) is 10.8 Å². The normalized spacial score (nSPS) is 9.58. The Morgan fingerprint density at radius 1 is 1.47 bits per heavy atom. The highest BCUT2D eigenvalue weighted by molar-refractivity contribution is 5.95. The molecule has 102 valence electrons. The van der Waals surface area contributed by atoms with Gasteiger partial charge in [0.2, 0.25) is 0 Å². The molecule has 0 aliphatic rings. The van der Waals surface area contributed by atoms with Crippen LogP contribution in [0.1, 0.15) is 17.3 Å². The second-order valence-electron chi connectivity index (χ2n) is 3.27. The Morgan fingerprint density at radius 3 is 2.74 bits per heavy atom. The molecule has 0 radical (unpaired) electrons. The van der Waals surface area contributed by atoms with Gasteiger partial charge in [0.25, 0.3) is 11.6 Å². The fourth-order valence-electron chi connectivity index (χ4n) is 1.13. The maximum absolute atomic E-state index is 13.3. The van der Waals surface area contributed by atoms with E-state index in [-0.39, 0.29) is 6.54 Å². The van der Waals surface area contributed by atoms with Crippen LogP contribution in [0.15, 0.2) is 18.2 Å².